The van der Waals surface area contributed by atoms with Gasteiger partial charge in [-0.15, -0.1) is 0 Å². The van der Waals surface area contributed by atoms with Gasteiger partial charge >= 0.3 is 0 Å². The molecule has 1 fully saturated rings. The Morgan fingerprint density at radius 2 is 1.58 bits per heavy atom. The lowest BCUT2D eigenvalue weighted by molar-refractivity contribution is 0.394. The van der Waals surface area contributed by atoms with Gasteiger partial charge in [0.05, 0.1) is 14.2 Å². The molecule has 6 nitrogen and oxygen atoms in total. The number of rotatable bonds is 5. The lowest BCUT2D eigenvalue weighted by Crippen LogP contribution is -2.39. The molecule has 0 radical (unpaired) electrons. The highest BCUT2D eigenvalue weighted by Crippen LogP contribution is 2.27. The van der Waals surface area contributed by atoms with E-state index in [-0.39, 0.29) is 0 Å². The van der Waals surface area contributed by atoms with Crippen LogP contribution in [0.2, 0.25) is 0 Å². The first kappa shape index (κ1) is 16.4. The van der Waals surface area contributed by atoms with Crippen molar-refractivity contribution < 1.29 is 9.47 Å². The molecule has 1 aromatic heterocycles. The Labute approximate surface area is 142 Å². The fourth-order valence-corrected chi connectivity index (χ4v) is 2.90. The number of anilines is 2. The van der Waals surface area contributed by atoms with Crippen molar-refractivity contribution in [3.05, 3.63) is 36.2 Å². The molecule has 128 valence electrons. The minimum absolute atomic E-state index is 0.420. The quantitative estimate of drug-likeness (QED) is 0.911. The van der Waals surface area contributed by atoms with E-state index >= 15 is 0 Å². The summed E-state index contributed by atoms with van der Waals surface area (Å²) < 4.78 is 10.7. The van der Waals surface area contributed by atoms with Crippen LogP contribution < -0.4 is 19.7 Å². The third kappa shape index (κ3) is 3.88. The molecule has 2 heterocycles. The summed E-state index contributed by atoms with van der Waals surface area (Å²) in [5, 5.41) is 3.58. The first-order valence-corrected chi connectivity index (χ1v) is 8.21. The van der Waals surface area contributed by atoms with Crippen LogP contribution in [0.15, 0.2) is 30.6 Å². The minimum atomic E-state index is 0.420. The molecule has 0 atom stereocenters. The number of hydrogen-bond acceptors (Lipinski definition) is 6. The Hall–Kier alpha value is -2.50. The first-order valence-electron chi connectivity index (χ1n) is 8.21. The van der Waals surface area contributed by atoms with E-state index in [1.54, 1.807) is 14.2 Å². The zero-order chi connectivity index (χ0) is 16.9. The highest BCUT2D eigenvalue weighted by atomic mass is 16.5. The number of nitrogens with zero attached hydrogens (tertiary/aromatic N) is 3. The monoisotopic (exact) mass is 328 g/mol. The second kappa shape index (κ2) is 7.38. The molecule has 0 unspecified atom stereocenters. The van der Waals surface area contributed by atoms with E-state index < -0.39 is 0 Å². The lowest BCUT2D eigenvalue weighted by Gasteiger charge is -2.33. The van der Waals surface area contributed by atoms with Gasteiger partial charge in [0.2, 0.25) is 5.95 Å². The normalized spacial score (nSPS) is 15.2. The molecule has 1 aromatic carbocycles. The highest BCUT2D eigenvalue weighted by molar-refractivity contribution is 5.54. The Bertz CT molecular complexity index is 645. The maximum atomic E-state index is 5.33. The van der Waals surface area contributed by atoms with Crippen molar-refractivity contribution in [2.45, 2.75) is 25.8 Å². The van der Waals surface area contributed by atoms with Crippen LogP contribution in [-0.4, -0.2) is 43.3 Å². The number of hydrogen-bond donors (Lipinski definition) is 1. The maximum Gasteiger partial charge on any atom is 0.225 e. The Morgan fingerprint density at radius 1 is 1.00 bits per heavy atom. The van der Waals surface area contributed by atoms with Crippen LogP contribution in [0.1, 0.15) is 18.4 Å². The summed E-state index contributed by atoms with van der Waals surface area (Å²) in [5.74, 6) is 2.41. The maximum absolute atomic E-state index is 5.33. The number of nitrogens with one attached hydrogen (secondary N) is 1. The molecule has 0 saturated carbocycles. The highest BCUT2D eigenvalue weighted by Gasteiger charge is 2.21. The summed E-state index contributed by atoms with van der Waals surface area (Å²) >= 11 is 0. The minimum Gasteiger partial charge on any atom is -0.497 e. The molecule has 2 aromatic rings. The van der Waals surface area contributed by atoms with E-state index in [1.807, 2.05) is 37.5 Å². The van der Waals surface area contributed by atoms with Gasteiger partial charge in [0.25, 0.3) is 0 Å². The molecular formula is C18H24N4O2. The summed E-state index contributed by atoms with van der Waals surface area (Å²) in [6, 6.07) is 6.29. The van der Waals surface area contributed by atoms with Crippen molar-refractivity contribution in [3.63, 3.8) is 0 Å². The van der Waals surface area contributed by atoms with Crippen molar-refractivity contribution in [3.8, 4) is 11.5 Å². The van der Waals surface area contributed by atoms with Gasteiger partial charge in [0, 0.05) is 55.4 Å². The third-order valence-corrected chi connectivity index (χ3v) is 4.27. The van der Waals surface area contributed by atoms with Gasteiger partial charge in [0.15, 0.2) is 0 Å². The smallest absolute Gasteiger partial charge is 0.225 e. The van der Waals surface area contributed by atoms with E-state index in [0.29, 0.717) is 6.04 Å². The standard InChI is InChI=1S/C18H24N4O2/c1-13-11-19-18(20-12-13)22-6-4-14(5-7-22)21-15-8-16(23-2)10-17(9-15)24-3/h8-12,14,21H,4-7H2,1-3H3. The largest absolute Gasteiger partial charge is 0.497 e. The van der Waals surface area contributed by atoms with E-state index in [9.17, 15) is 0 Å². The molecule has 24 heavy (non-hydrogen) atoms. The summed E-state index contributed by atoms with van der Waals surface area (Å²) in [7, 11) is 3.33. The molecule has 0 spiro atoms. The Balaban J connectivity index is 1.60. The van der Waals surface area contributed by atoms with Gasteiger partial charge < -0.3 is 19.7 Å². The molecule has 1 aliphatic rings. The molecule has 1 N–H and O–H groups in total. The van der Waals surface area contributed by atoms with Crippen LogP contribution >= 0.6 is 0 Å². The molecule has 0 amide bonds. The van der Waals surface area contributed by atoms with E-state index in [2.05, 4.69) is 20.2 Å². The van der Waals surface area contributed by atoms with E-state index in [0.717, 1.165) is 54.6 Å². The molecule has 1 saturated heterocycles. The van der Waals surface area contributed by atoms with Gasteiger partial charge in [0.1, 0.15) is 11.5 Å². The average molecular weight is 328 g/mol. The summed E-state index contributed by atoms with van der Waals surface area (Å²) in [5.41, 5.74) is 2.11. The van der Waals surface area contributed by atoms with Crippen molar-refractivity contribution in [2.75, 3.05) is 37.5 Å². The van der Waals surface area contributed by atoms with E-state index in [1.165, 1.54) is 0 Å². The van der Waals surface area contributed by atoms with Gasteiger partial charge in [-0.2, -0.15) is 0 Å². The lowest BCUT2D eigenvalue weighted by atomic mass is 10.0. The second-order valence-corrected chi connectivity index (χ2v) is 6.07. The average Bonchev–Trinajstić information content (AvgIpc) is 2.62. The topological polar surface area (TPSA) is 59.5 Å². The molecular weight excluding hydrogens is 304 g/mol. The molecule has 1 aliphatic heterocycles. The molecule has 0 bridgehead atoms. The SMILES string of the molecule is COc1cc(NC2CCN(c3ncc(C)cn3)CC2)cc(OC)c1. The van der Waals surface area contributed by atoms with Crippen LogP contribution in [0.5, 0.6) is 11.5 Å². The number of benzene rings is 1. The first-order chi connectivity index (χ1) is 11.7. The fraction of sp³-hybridized carbons (Fsp3) is 0.444. The molecule has 0 aliphatic carbocycles. The van der Waals surface area contributed by atoms with Crippen molar-refractivity contribution in [1.82, 2.24) is 9.97 Å². The van der Waals surface area contributed by atoms with Crippen molar-refractivity contribution >= 4 is 11.6 Å². The predicted octanol–water partition coefficient (Wildman–Crippen LogP) is 2.88. The number of methoxy groups -OCH3 is 2. The predicted molar refractivity (Wildman–Crippen MR) is 95.2 cm³/mol. The van der Waals surface area contributed by atoms with Crippen LogP contribution in [0, 0.1) is 6.92 Å². The number of piperidine rings is 1. The van der Waals surface area contributed by atoms with Gasteiger partial charge in [-0.3, -0.25) is 0 Å². The Morgan fingerprint density at radius 3 is 2.12 bits per heavy atom. The van der Waals surface area contributed by atoms with Crippen molar-refractivity contribution in [1.29, 1.82) is 0 Å². The summed E-state index contributed by atoms with van der Waals surface area (Å²) in [6.07, 6.45) is 5.82. The van der Waals surface area contributed by atoms with Crippen LogP contribution in [0.4, 0.5) is 11.6 Å². The third-order valence-electron chi connectivity index (χ3n) is 4.27. The summed E-state index contributed by atoms with van der Waals surface area (Å²) in [4.78, 5) is 11.1. The van der Waals surface area contributed by atoms with Crippen molar-refractivity contribution in [2.24, 2.45) is 0 Å². The zero-order valence-corrected chi connectivity index (χ0v) is 14.5. The van der Waals surface area contributed by atoms with Gasteiger partial charge in [-0.25, -0.2) is 9.97 Å². The van der Waals surface area contributed by atoms with Crippen LogP contribution in [-0.2, 0) is 0 Å². The van der Waals surface area contributed by atoms with Gasteiger partial charge in [-0.05, 0) is 25.3 Å². The fourth-order valence-electron chi connectivity index (χ4n) is 2.90. The number of aromatic nitrogens is 2. The Kier molecular flexibility index (Phi) is 5.03. The number of ether oxygens (including phenoxy) is 2. The van der Waals surface area contributed by atoms with Gasteiger partial charge in [-0.1, -0.05) is 0 Å². The molecule has 3 rings (SSSR count). The molecule has 6 heteroatoms. The van der Waals surface area contributed by atoms with E-state index in [4.69, 9.17) is 9.47 Å². The second-order valence-electron chi connectivity index (χ2n) is 6.07. The zero-order valence-electron chi connectivity index (χ0n) is 14.5. The summed E-state index contributed by atoms with van der Waals surface area (Å²) in [6.45, 7) is 3.89. The van der Waals surface area contributed by atoms with Crippen LogP contribution in [0.3, 0.4) is 0 Å². The van der Waals surface area contributed by atoms with Crippen LogP contribution in [0.25, 0.3) is 0 Å². The number of aryl methyl sites for hydroxylation is 1.